The highest BCUT2D eigenvalue weighted by Crippen LogP contribution is 2.34. The Labute approximate surface area is 144 Å². The monoisotopic (exact) mass is 347 g/mol. The summed E-state index contributed by atoms with van der Waals surface area (Å²) in [5, 5.41) is 22.5. The van der Waals surface area contributed by atoms with E-state index < -0.39 is 0 Å². The summed E-state index contributed by atoms with van der Waals surface area (Å²) < 4.78 is 3.33. The second-order valence-corrected chi connectivity index (χ2v) is 6.14. The van der Waals surface area contributed by atoms with Crippen molar-refractivity contribution in [3.05, 3.63) is 33.8 Å². The molecule has 0 spiro atoms. The molecule has 0 unspecified atom stereocenters. The Hall–Kier alpha value is -2.91. The van der Waals surface area contributed by atoms with Crippen LogP contribution in [0.15, 0.2) is 12.3 Å². The predicted molar refractivity (Wildman–Crippen MR) is 90.7 cm³/mol. The van der Waals surface area contributed by atoms with Gasteiger partial charge in [0.2, 0.25) is 5.82 Å². The molecule has 1 N–H and O–H groups in total. The number of aryl methyl sites for hydroxylation is 2. The van der Waals surface area contributed by atoms with Crippen LogP contribution in [0.5, 0.6) is 0 Å². The van der Waals surface area contributed by atoms with Gasteiger partial charge in [-0.25, -0.2) is 4.68 Å². The second-order valence-electron chi connectivity index (χ2n) is 6.14. The Morgan fingerprint density at radius 2 is 2.20 bits per heavy atom. The molecule has 10 heteroatoms. The van der Waals surface area contributed by atoms with E-state index >= 15 is 0 Å². The van der Waals surface area contributed by atoms with Crippen LogP contribution in [-0.4, -0.2) is 50.5 Å². The fraction of sp³-hybridized carbons (Fsp3) is 0.533. The van der Waals surface area contributed by atoms with Gasteiger partial charge in [-0.2, -0.15) is 10.2 Å². The molecular formula is C15H21N7O3. The predicted octanol–water partition coefficient (Wildman–Crippen LogP) is 1.03. The molecule has 1 aliphatic heterocycles. The van der Waals surface area contributed by atoms with Crippen molar-refractivity contribution in [1.82, 2.24) is 24.9 Å². The lowest BCUT2D eigenvalue weighted by Gasteiger charge is -2.33. The molecule has 1 fully saturated rings. The van der Waals surface area contributed by atoms with Gasteiger partial charge in [-0.05, 0) is 25.8 Å². The molecule has 1 saturated heterocycles. The second kappa shape index (κ2) is 6.54. The Balaban J connectivity index is 1.86. The zero-order chi connectivity index (χ0) is 18.1. The average molecular weight is 347 g/mol. The molecule has 3 rings (SSSR count). The highest BCUT2D eigenvalue weighted by Gasteiger charge is 2.32. The number of hydrogen-bond acceptors (Lipinski definition) is 6. The minimum atomic E-state index is -0.376. The van der Waals surface area contributed by atoms with Crippen LogP contribution in [0, 0.1) is 17.0 Å². The number of nitrogens with zero attached hydrogens (tertiary/aromatic N) is 6. The normalized spacial score (nSPS) is 17.6. The lowest BCUT2D eigenvalue weighted by molar-refractivity contribution is -0.384. The summed E-state index contributed by atoms with van der Waals surface area (Å²) >= 11 is 0. The first-order chi connectivity index (χ1) is 11.9. The van der Waals surface area contributed by atoms with Crippen molar-refractivity contribution in [2.75, 3.05) is 25.0 Å². The maximum Gasteiger partial charge on any atom is 0.333 e. The molecule has 0 aromatic carbocycles. The van der Waals surface area contributed by atoms with Crippen molar-refractivity contribution in [3.8, 4) is 0 Å². The van der Waals surface area contributed by atoms with Gasteiger partial charge >= 0.3 is 5.69 Å². The summed E-state index contributed by atoms with van der Waals surface area (Å²) in [5.41, 5.74) is 0.822. The van der Waals surface area contributed by atoms with Gasteiger partial charge in [0, 0.05) is 33.4 Å². The Morgan fingerprint density at radius 3 is 2.88 bits per heavy atom. The molecule has 1 amide bonds. The zero-order valence-electron chi connectivity index (χ0n) is 14.5. The molecule has 25 heavy (non-hydrogen) atoms. The molecule has 0 saturated carbocycles. The lowest BCUT2D eigenvalue weighted by Crippen LogP contribution is -2.38. The molecule has 2 aromatic rings. The number of nitrogens with one attached hydrogen (secondary N) is 1. The van der Waals surface area contributed by atoms with E-state index in [9.17, 15) is 14.9 Å². The minimum Gasteiger partial charge on any atom is -0.354 e. The minimum absolute atomic E-state index is 0.0435. The van der Waals surface area contributed by atoms with Gasteiger partial charge in [0.1, 0.15) is 11.4 Å². The largest absolute Gasteiger partial charge is 0.354 e. The van der Waals surface area contributed by atoms with Crippen LogP contribution < -0.4 is 10.2 Å². The van der Waals surface area contributed by atoms with Crippen molar-refractivity contribution in [3.63, 3.8) is 0 Å². The SMILES string of the molecule is CNC(=O)c1ccn([C@@H]2CCCN(c3c([N+](=O)[O-])c(C)nn3C)C2)n1. The third kappa shape index (κ3) is 3.06. The van der Waals surface area contributed by atoms with Gasteiger partial charge in [0.05, 0.1) is 11.0 Å². The van der Waals surface area contributed by atoms with E-state index in [1.165, 1.54) is 0 Å². The van der Waals surface area contributed by atoms with Crippen LogP contribution in [-0.2, 0) is 7.05 Å². The zero-order valence-corrected chi connectivity index (χ0v) is 14.5. The number of nitro groups is 1. The first kappa shape index (κ1) is 16.9. The van der Waals surface area contributed by atoms with E-state index in [0.717, 1.165) is 19.4 Å². The molecule has 0 aliphatic carbocycles. The molecule has 134 valence electrons. The number of carbonyl (C=O) groups is 1. The van der Waals surface area contributed by atoms with Gasteiger partial charge in [-0.15, -0.1) is 0 Å². The highest BCUT2D eigenvalue weighted by atomic mass is 16.6. The van der Waals surface area contributed by atoms with E-state index in [0.29, 0.717) is 23.8 Å². The van der Waals surface area contributed by atoms with Crippen LogP contribution in [0.4, 0.5) is 11.5 Å². The highest BCUT2D eigenvalue weighted by molar-refractivity contribution is 5.91. The third-order valence-corrected chi connectivity index (χ3v) is 4.48. The van der Waals surface area contributed by atoms with Crippen molar-refractivity contribution >= 4 is 17.4 Å². The van der Waals surface area contributed by atoms with Gasteiger partial charge in [-0.3, -0.25) is 19.6 Å². The van der Waals surface area contributed by atoms with Crippen LogP contribution in [0.1, 0.15) is 35.1 Å². The summed E-state index contributed by atoms with van der Waals surface area (Å²) in [6.45, 7) is 2.95. The number of carbonyl (C=O) groups excluding carboxylic acids is 1. The number of rotatable bonds is 4. The molecule has 0 radical (unpaired) electrons. The number of piperidine rings is 1. The van der Waals surface area contributed by atoms with Crippen LogP contribution >= 0.6 is 0 Å². The molecule has 1 aliphatic rings. The van der Waals surface area contributed by atoms with Crippen LogP contribution in [0.2, 0.25) is 0 Å². The molecule has 3 heterocycles. The van der Waals surface area contributed by atoms with Gasteiger partial charge in [-0.1, -0.05) is 0 Å². The fourth-order valence-corrected chi connectivity index (χ4v) is 3.36. The molecule has 0 bridgehead atoms. The topological polar surface area (TPSA) is 111 Å². The third-order valence-electron chi connectivity index (χ3n) is 4.48. The molecular weight excluding hydrogens is 326 g/mol. The summed E-state index contributed by atoms with van der Waals surface area (Å²) in [4.78, 5) is 24.7. The number of amides is 1. The smallest absolute Gasteiger partial charge is 0.333 e. The Morgan fingerprint density at radius 1 is 1.44 bits per heavy atom. The fourth-order valence-electron chi connectivity index (χ4n) is 3.36. The first-order valence-corrected chi connectivity index (χ1v) is 8.12. The van der Waals surface area contributed by atoms with E-state index in [1.54, 1.807) is 42.6 Å². The Bertz CT molecular complexity index is 810. The van der Waals surface area contributed by atoms with Crippen LogP contribution in [0.3, 0.4) is 0 Å². The first-order valence-electron chi connectivity index (χ1n) is 8.12. The molecule has 2 aromatic heterocycles. The summed E-state index contributed by atoms with van der Waals surface area (Å²) in [5.74, 6) is 0.287. The van der Waals surface area contributed by atoms with Gasteiger partial charge in [0.25, 0.3) is 5.91 Å². The van der Waals surface area contributed by atoms with Crippen molar-refractivity contribution in [1.29, 1.82) is 0 Å². The van der Waals surface area contributed by atoms with Gasteiger partial charge in [0.15, 0.2) is 0 Å². The maximum absolute atomic E-state index is 11.7. The Kier molecular flexibility index (Phi) is 4.43. The molecule has 1 atom stereocenters. The van der Waals surface area contributed by atoms with E-state index in [2.05, 4.69) is 15.5 Å². The van der Waals surface area contributed by atoms with Crippen molar-refractivity contribution in [2.24, 2.45) is 7.05 Å². The summed E-state index contributed by atoms with van der Waals surface area (Å²) in [6, 6.07) is 1.72. The number of anilines is 1. The van der Waals surface area contributed by atoms with Crippen molar-refractivity contribution in [2.45, 2.75) is 25.8 Å². The van der Waals surface area contributed by atoms with Gasteiger partial charge < -0.3 is 10.2 Å². The van der Waals surface area contributed by atoms with E-state index in [4.69, 9.17) is 0 Å². The quantitative estimate of drug-likeness (QED) is 0.653. The number of aromatic nitrogens is 4. The number of hydrogen-bond donors (Lipinski definition) is 1. The maximum atomic E-state index is 11.7. The lowest BCUT2D eigenvalue weighted by atomic mass is 10.1. The average Bonchev–Trinajstić information content (AvgIpc) is 3.18. The summed E-state index contributed by atoms with van der Waals surface area (Å²) in [6.07, 6.45) is 3.55. The van der Waals surface area contributed by atoms with Crippen LogP contribution in [0.25, 0.3) is 0 Å². The van der Waals surface area contributed by atoms with E-state index in [-0.39, 0.29) is 22.6 Å². The summed E-state index contributed by atoms with van der Waals surface area (Å²) in [7, 11) is 3.28. The van der Waals surface area contributed by atoms with Crippen molar-refractivity contribution < 1.29 is 9.72 Å². The standard InChI is InChI=1S/C15H21N7O3/c1-10-13(22(24)25)15(19(3)17-10)20-7-4-5-11(9-20)21-8-6-12(18-21)14(23)16-2/h6,8,11H,4-5,7,9H2,1-3H3,(H,16,23)/t11-/m1/s1. The molecule has 10 nitrogen and oxygen atoms in total. The van der Waals surface area contributed by atoms with E-state index in [1.807, 2.05) is 4.90 Å².